The molecule has 0 aliphatic carbocycles. The molecule has 0 spiro atoms. The maximum absolute atomic E-state index is 12.3. The Labute approximate surface area is 196 Å². The van der Waals surface area contributed by atoms with Crippen molar-refractivity contribution in [3.63, 3.8) is 0 Å². The Morgan fingerprint density at radius 1 is 1.09 bits per heavy atom. The van der Waals surface area contributed by atoms with Crippen LogP contribution in [0.25, 0.3) is 11.0 Å². The summed E-state index contributed by atoms with van der Waals surface area (Å²) in [5.41, 5.74) is 2.24. The first kappa shape index (κ1) is 22.1. The first-order chi connectivity index (χ1) is 16.7. The van der Waals surface area contributed by atoms with E-state index in [9.17, 15) is 9.59 Å². The van der Waals surface area contributed by atoms with E-state index < -0.39 is 6.09 Å². The highest BCUT2D eigenvalue weighted by Crippen LogP contribution is 2.30. The fourth-order valence-corrected chi connectivity index (χ4v) is 4.33. The number of hydrogen-bond donors (Lipinski definition) is 1. The van der Waals surface area contributed by atoms with Gasteiger partial charge in [-0.3, -0.25) is 9.78 Å². The summed E-state index contributed by atoms with van der Waals surface area (Å²) in [5, 5.41) is 2.96. The normalized spacial score (nSPS) is 16.4. The summed E-state index contributed by atoms with van der Waals surface area (Å²) in [6.07, 6.45) is 5.91. The molecule has 0 saturated carbocycles. The van der Waals surface area contributed by atoms with Gasteiger partial charge < -0.3 is 29.0 Å². The van der Waals surface area contributed by atoms with Crippen molar-refractivity contribution in [1.29, 1.82) is 0 Å². The number of likely N-dealkylation sites (tertiary alicyclic amines) is 1. The molecule has 2 aromatic heterocycles. The Morgan fingerprint density at radius 3 is 2.76 bits per heavy atom. The summed E-state index contributed by atoms with van der Waals surface area (Å²) in [7, 11) is 0. The number of alkyl carbamates (subject to hydrolysis) is 1. The van der Waals surface area contributed by atoms with E-state index in [4.69, 9.17) is 14.2 Å². The van der Waals surface area contributed by atoms with Gasteiger partial charge in [0, 0.05) is 38.4 Å². The van der Waals surface area contributed by atoms with Gasteiger partial charge in [0.25, 0.3) is 5.56 Å². The quantitative estimate of drug-likeness (QED) is 0.589. The molecular formula is C24H27N5O5. The number of hydrogen-bond acceptors (Lipinski definition) is 8. The van der Waals surface area contributed by atoms with Crippen LogP contribution in [-0.2, 0) is 17.9 Å². The van der Waals surface area contributed by atoms with Crippen LogP contribution in [0, 0.1) is 0 Å². The minimum absolute atomic E-state index is 0.0690. The Bertz CT molecular complexity index is 1220. The lowest BCUT2D eigenvalue weighted by Crippen LogP contribution is -2.45. The SMILES string of the molecule is O=C(NC1CCN(CCn2c(=O)cnc3cnccc32)CC1)OCc1ccc2c(c1)OCCO2. The smallest absolute Gasteiger partial charge is 0.407 e. The van der Waals surface area contributed by atoms with Gasteiger partial charge in [0.1, 0.15) is 25.3 Å². The van der Waals surface area contributed by atoms with E-state index >= 15 is 0 Å². The van der Waals surface area contributed by atoms with Crippen LogP contribution in [-0.4, -0.2) is 64.4 Å². The van der Waals surface area contributed by atoms with E-state index in [1.807, 2.05) is 24.3 Å². The molecule has 0 atom stereocenters. The van der Waals surface area contributed by atoms with E-state index in [0.29, 0.717) is 36.8 Å². The highest BCUT2D eigenvalue weighted by atomic mass is 16.6. The summed E-state index contributed by atoms with van der Waals surface area (Å²) >= 11 is 0. The minimum Gasteiger partial charge on any atom is -0.486 e. The molecule has 1 N–H and O–H groups in total. The molecule has 10 nitrogen and oxygen atoms in total. The van der Waals surface area contributed by atoms with Crippen LogP contribution in [0.1, 0.15) is 18.4 Å². The molecule has 34 heavy (non-hydrogen) atoms. The van der Waals surface area contributed by atoms with Crippen molar-refractivity contribution in [2.75, 3.05) is 32.8 Å². The Hall–Kier alpha value is -3.66. The molecule has 4 heterocycles. The number of carbonyl (C=O) groups is 1. The zero-order valence-electron chi connectivity index (χ0n) is 18.8. The fourth-order valence-electron chi connectivity index (χ4n) is 4.33. The second-order valence-corrected chi connectivity index (χ2v) is 8.43. The van der Waals surface area contributed by atoms with Crippen molar-refractivity contribution in [2.45, 2.75) is 32.0 Å². The van der Waals surface area contributed by atoms with Gasteiger partial charge in [0.15, 0.2) is 11.5 Å². The summed E-state index contributed by atoms with van der Waals surface area (Å²) < 4.78 is 18.2. The van der Waals surface area contributed by atoms with Gasteiger partial charge in [-0.2, -0.15) is 0 Å². The average molecular weight is 466 g/mol. The third-order valence-corrected chi connectivity index (χ3v) is 6.17. The highest BCUT2D eigenvalue weighted by Gasteiger charge is 2.21. The summed E-state index contributed by atoms with van der Waals surface area (Å²) in [6, 6.07) is 7.43. The predicted octanol–water partition coefficient (Wildman–Crippen LogP) is 1.95. The molecule has 0 radical (unpaired) electrons. The molecule has 2 aliphatic heterocycles. The first-order valence-electron chi connectivity index (χ1n) is 11.5. The van der Waals surface area contributed by atoms with E-state index in [1.165, 1.54) is 6.20 Å². The van der Waals surface area contributed by atoms with Gasteiger partial charge in [-0.15, -0.1) is 0 Å². The lowest BCUT2D eigenvalue weighted by Gasteiger charge is -2.32. The van der Waals surface area contributed by atoms with Gasteiger partial charge in [0.2, 0.25) is 0 Å². The number of fused-ring (bicyclic) bond motifs is 2. The van der Waals surface area contributed by atoms with Crippen molar-refractivity contribution >= 4 is 17.1 Å². The van der Waals surface area contributed by atoms with Crippen LogP contribution in [0.2, 0.25) is 0 Å². The predicted molar refractivity (Wildman–Crippen MR) is 124 cm³/mol. The molecule has 0 unspecified atom stereocenters. The number of aromatic nitrogens is 3. The Balaban J connectivity index is 1.06. The van der Waals surface area contributed by atoms with E-state index in [-0.39, 0.29) is 18.2 Å². The molecule has 10 heteroatoms. The van der Waals surface area contributed by atoms with Crippen molar-refractivity contribution in [3.05, 3.63) is 58.8 Å². The van der Waals surface area contributed by atoms with E-state index in [2.05, 4.69) is 20.2 Å². The zero-order valence-corrected chi connectivity index (χ0v) is 18.8. The third kappa shape index (κ3) is 5.12. The summed E-state index contributed by atoms with van der Waals surface area (Å²) in [4.78, 5) is 35.1. The molecule has 1 amide bonds. The lowest BCUT2D eigenvalue weighted by atomic mass is 10.1. The second-order valence-electron chi connectivity index (χ2n) is 8.43. The van der Waals surface area contributed by atoms with Gasteiger partial charge in [0.05, 0.1) is 17.9 Å². The van der Waals surface area contributed by atoms with Gasteiger partial charge >= 0.3 is 6.09 Å². The van der Waals surface area contributed by atoms with Crippen LogP contribution in [0.3, 0.4) is 0 Å². The second kappa shape index (κ2) is 10.1. The third-order valence-electron chi connectivity index (χ3n) is 6.17. The van der Waals surface area contributed by atoms with Crippen LogP contribution in [0.5, 0.6) is 11.5 Å². The molecule has 0 bridgehead atoms. The number of rotatable bonds is 6. The van der Waals surface area contributed by atoms with Gasteiger partial charge in [-0.05, 0) is 36.6 Å². The van der Waals surface area contributed by atoms with E-state index in [0.717, 1.165) is 43.6 Å². The monoisotopic (exact) mass is 465 g/mol. The summed E-state index contributed by atoms with van der Waals surface area (Å²) in [5.74, 6) is 1.39. The number of nitrogens with zero attached hydrogens (tertiary/aromatic N) is 4. The first-order valence-corrected chi connectivity index (χ1v) is 11.5. The number of amides is 1. The largest absolute Gasteiger partial charge is 0.486 e. The molecule has 178 valence electrons. The molecule has 1 saturated heterocycles. The number of pyridine rings is 1. The topological polar surface area (TPSA) is 108 Å². The highest BCUT2D eigenvalue weighted by molar-refractivity contribution is 5.72. The number of piperidine rings is 1. The molecular weight excluding hydrogens is 438 g/mol. The number of ether oxygens (including phenoxy) is 3. The summed E-state index contributed by atoms with van der Waals surface area (Å²) in [6.45, 7) is 4.25. The van der Waals surface area contributed by atoms with E-state index in [1.54, 1.807) is 17.0 Å². The molecule has 5 rings (SSSR count). The molecule has 2 aliphatic rings. The number of nitrogens with one attached hydrogen (secondary N) is 1. The number of benzene rings is 1. The average Bonchev–Trinajstić information content (AvgIpc) is 2.87. The maximum atomic E-state index is 12.3. The van der Waals surface area contributed by atoms with Gasteiger partial charge in [-0.1, -0.05) is 6.07 Å². The Kier molecular flexibility index (Phi) is 6.57. The maximum Gasteiger partial charge on any atom is 0.407 e. The Morgan fingerprint density at radius 2 is 1.91 bits per heavy atom. The number of carbonyl (C=O) groups excluding carboxylic acids is 1. The fraction of sp³-hybridized carbons (Fsp3) is 0.417. The van der Waals surface area contributed by atoms with Gasteiger partial charge in [-0.25, -0.2) is 9.78 Å². The van der Waals surface area contributed by atoms with Crippen LogP contribution >= 0.6 is 0 Å². The van der Waals surface area contributed by atoms with Crippen molar-refractivity contribution < 1.29 is 19.0 Å². The lowest BCUT2D eigenvalue weighted by molar-refractivity contribution is 0.125. The standard InChI is InChI=1S/C24H27N5O5/c30-23-15-26-19-14-25-6-3-20(19)29(23)10-9-28-7-4-18(5-8-28)27-24(31)34-16-17-1-2-21-22(13-17)33-12-11-32-21/h1-3,6,13-15,18H,4-5,7-12,16H2,(H,27,31). The zero-order chi connectivity index (χ0) is 23.3. The molecule has 3 aromatic rings. The van der Waals surface area contributed by atoms with Crippen LogP contribution in [0.4, 0.5) is 4.79 Å². The van der Waals surface area contributed by atoms with Crippen molar-refractivity contribution in [3.8, 4) is 11.5 Å². The van der Waals surface area contributed by atoms with Crippen molar-refractivity contribution in [1.82, 2.24) is 24.8 Å². The van der Waals surface area contributed by atoms with Crippen LogP contribution in [0.15, 0.2) is 47.7 Å². The molecule has 1 aromatic carbocycles. The molecule has 1 fully saturated rings. The minimum atomic E-state index is -0.420. The van der Waals surface area contributed by atoms with Crippen LogP contribution < -0.4 is 20.3 Å². The van der Waals surface area contributed by atoms with Crippen molar-refractivity contribution in [2.24, 2.45) is 0 Å².